The van der Waals surface area contributed by atoms with Gasteiger partial charge in [0.15, 0.2) is 0 Å². The van der Waals surface area contributed by atoms with Gasteiger partial charge in [-0.25, -0.2) is 4.98 Å². The summed E-state index contributed by atoms with van der Waals surface area (Å²) < 4.78 is 0. The van der Waals surface area contributed by atoms with Crippen molar-refractivity contribution < 1.29 is 4.79 Å². The summed E-state index contributed by atoms with van der Waals surface area (Å²) in [5.74, 6) is 1.41. The molecule has 2 aliphatic rings. The van der Waals surface area contributed by atoms with Crippen molar-refractivity contribution in [2.24, 2.45) is 5.41 Å². The second-order valence-electron chi connectivity index (χ2n) is 9.10. The number of piperidine rings is 2. The number of H-pyrrole nitrogens is 1. The summed E-state index contributed by atoms with van der Waals surface area (Å²) in [7, 11) is 1.98. The molecule has 5 nitrogen and oxygen atoms in total. The van der Waals surface area contributed by atoms with Gasteiger partial charge in [0, 0.05) is 38.4 Å². The molecule has 156 valence electrons. The summed E-state index contributed by atoms with van der Waals surface area (Å²) in [6, 6.07) is 10.3. The van der Waals surface area contributed by atoms with E-state index < -0.39 is 0 Å². The van der Waals surface area contributed by atoms with E-state index in [1.54, 1.807) is 0 Å². The van der Waals surface area contributed by atoms with Gasteiger partial charge >= 0.3 is 0 Å². The van der Waals surface area contributed by atoms with Crippen LogP contribution in [0.2, 0.25) is 0 Å². The average Bonchev–Trinajstić information content (AvgIpc) is 3.19. The lowest BCUT2D eigenvalue weighted by Gasteiger charge is -2.49. The van der Waals surface area contributed by atoms with Crippen LogP contribution in [0.3, 0.4) is 0 Å². The van der Waals surface area contributed by atoms with Crippen LogP contribution >= 0.6 is 0 Å². The van der Waals surface area contributed by atoms with Gasteiger partial charge < -0.3 is 9.88 Å². The Hall–Kier alpha value is -2.14. The van der Waals surface area contributed by atoms with Gasteiger partial charge in [0.2, 0.25) is 5.91 Å². The lowest BCUT2D eigenvalue weighted by Crippen LogP contribution is -2.52. The first-order chi connectivity index (χ1) is 14.1. The van der Waals surface area contributed by atoms with Gasteiger partial charge in [0.25, 0.3) is 0 Å². The van der Waals surface area contributed by atoms with Gasteiger partial charge in [0.1, 0.15) is 5.82 Å². The molecule has 0 saturated carbocycles. The standard InChI is InChI=1S/C24H34N4O/c1-3-4-10-22-25-16-20(26-22)17-28-13-11-24(12-14-28)15-21(23(29)27(2)18-24)19-8-6-5-7-9-19/h5-9,16,21H,3-4,10-15,17-18H2,1-2H3,(H,25,26)/t21-/m1/s1. The fourth-order valence-electron chi connectivity index (χ4n) is 5.12. The van der Waals surface area contributed by atoms with E-state index in [1.807, 2.05) is 36.3 Å². The molecule has 3 heterocycles. The first kappa shape index (κ1) is 20.1. The minimum absolute atomic E-state index is 0.00947. The molecule has 2 aromatic rings. The van der Waals surface area contributed by atoms with Gasteiger partial charge in [-0.05, 0) is 49.8 Å². The van der Waals surface area contributed by atoms with Crippen LogP contribution in [-0.2, 0) is 17.8 Å². The fourth-order valence-corrected chi connectivity index (χ4v) is 5.12. The number of likely N-dealkylation sites (tertiary alicyclic amines) is 2. The SMILES string of the molecule is CCCCc1ncc(CN2CCC3(CC2)C[C@H](c2ccccc2)C(=O)N(C)C3)[nH]1. The van der Waals surface area contributed by atoms with E-state index in [-0.39, 0.29) is 17.2 Å². The van der Waals surface area contributed by atoms with Gasteiger partial charge in [0.05, 0.1) is 5.92 Å². The number of amides is 1. The summed E-state index contributed by atoms with van der Waals surface area (Å²) in [5, 5.41) is 0. The molecule has 2 saturated heterocycles. The minimum atomic E-state index is 0.00947. The number of imidazole rings is 1. The van der Waals surface area contributed by atoms with Crippen LogP contribution in [0.1, 0.15) is 62.0 Å². The predicted octanol–water partition coefficient (Wildman–Crippen LogP) is 3.98. The molecule has 1 amide bonds. The molecule has 2 aliphatic heterocycles. The Balaban J connectivity index is 1.37. The lowest BCUT2D eigenvalue weighted by molar-refractivity contribution is -0.139. The van der Waals surface area contributed by atoms with E-state index in [1.165, 1.54) is 24.1 Å². The summed E-state index contributed by atoms with van der Waals surface area (Å²) in [6.45, 7) is 6.24. The number of aromatic nitrogens is 2. The molecule has 0 aliphatic carbocycles. The van der Waals surface area contributed by atoms with Crippen molar-refractivity contribution in [3.63, 3.8) is 0 Å². The third-order valence-corrected chi connectivity index (χ3v) is 6.84. The molecule has 4 rings (SSSR count). The zero-order valence-corrected chi connectivity index (χ0v) is 17.9. The minimum Gasteiger partial charge on any atom is -0.345 e. The third kappa shape index (κ3) is 4.55. The quantitative estimate of drug-likeness (QED) is 0.806. The predicted molar refractivity (Wildman–Crippen MR) is 116 cm³/mol. The van der Waals surface area contributed by atoms with E-state index >= 15 is 0 Å². The first-order valence-electron chi connectivity index (χ1n) is 11.1. The van der Waals surface area contributed by atoms with Crippen molar-refractivity contribution in [2.45, 2.75) is 57.9 Å². The molecule has 2 fully saturated rings. The molecule has 0 unspecified atom stereocenters. The Labute approximate surface area is 174 Å². The summed E-state index contributed by atoms with van der Waals surface area (Å²) in [5.41, 5.74) is 2.65. The number of likely N-dealkylation sites (N-methyl/N-ethyl adjacent to an activating group) is 1. The number of aryl methyl sites for hydroxylation is 1. The highest BCUT2D eigenvalue weighted by molar-refractivity contribution is 5.84. The summed E-state index contributed by atoms with van der Waals surface area (Å²) >= 11 is 0. The Morgan fingerprint density at radius 3 is 2.69 bits per heavy atom. The Bertz CT molecular complexity index is 807. The van der Waals surface area contributed by atoms with Gasteiger partial charge in [-0.2, -0.15) is 0 Å². The number of rotatable bonds is 6. The number of carbonyl (C=O) groups excluding carboxylic acids is 1. The Morgan fingerprint density at radius 2 is 1.97 bits per heavy atom. The second kappa shape index (κ2) is 8.70. The summed E-state index contributed by atoms with van der Waals surface area (Å²) in [6.07, 6.45) is 8.74. The Morgan fingerprint density at radius 1 is 1.21 bits per heavy atom. The highest BCUT2D eigenvalue weighted by Gasteiger charge is 2.44. The lowest BCUT2D eigenvalue weighted by atomic mass is 9.68. The maximum absolute atomic E-state index is 12.8. The molecular formula is C24H34N4O. The molecule has 5 heteroatoms. The monoisotopic (exact) mass is 394 g/mol. The molecule has 29 heavy (non-hydrogen) atoms. The van der Waals surface area contributed by atoms with Crippen LogP contribution in [0, 0.1) is 5.41 Å². The normalized spacial score (nSPS) is 22.3. The number of carbonyl (C=O) groups is 1. The molecule has 0 bridgehead atoms. The van der Waals surface area contributed by atoms with Crippen molar-refractivity contribution in [2.75, 3.05) is 26.7 Å². The molecule has 1 spiro atoms. The smallest absolute Gasteiger partial charge is 0.229 e. The van der Waals surface area contributed by atoms with Crippen molar-refractivity contribution in [3.8, 4) is 0 Å². The maximum atomic E-state index is 12.8. The van der Waals surface area contributed by atoms with E-state index in [0.717, 1.165) is 57.7 Å². The average molecular weight is 395 g/mol. The Kier molecular flexibility index (Phi) is 6.04. The zero-order valence-electron chi connectivity index (χ0n) is 17.9. The number of benzene rings is 1. The largest absolute Gasteiger partial charge is 0.345 e. The first-order valence-corrected chi connectivity index (χ1v) is 11.1. The molecular weight excluding hydrogens is 360 g/mol. The van der Waals surface area contributed by atoms with E-state index in [9.17, 15) is 4.79 Å². The molecule has 1 aromatic heterocycles. The highest BCUT2D eigenvalue weighted by Crippen LogP contribution is 2.45. The highest BCUT2D eigenvalue weighted by atomic mass is 16.2. The van der Waals surface area contributed by atoms with Crippen molar-refractivity contribution in [1.29, 1.82) is 0 Å². The number of nitrogens with one attached hydrogen (secondary N) is 1. The van der Waals surface area contributed by atoms with Crippen LogP contribution in [-0.4, -0.2) is 52.4 Å². The zero-order chi connectivity index (χ0) is 20.3. The third-order valence-electron chi connectivity index (χ3n) is 6.84. The molecule has 1 aromatic carbocycles. The van der Waals surface area contributed by atoms with Crippen LogP contribution in [0.15, 0.2) is 36.5 Å². The summed E-state index contributed by atoms with van der Waals surface area (Å²) in [4.78, 5) is 25.4. The number of nitrogens with zero attached hydrogens (tertiary/aromatic N) is 3. The van der Waals surface area contributed by atoms with Crippen molar-refractivity contribution in [3.05, 3.63) is 53.6 Å². The maximum Gasteiger partial charge on any atom is 0.229 e. The molecule has 1 atom stereocenters. The fraction of sp³-hybridized carbons (Fsp3) is 0.583. The van der Waals surface area contributed by atoms with Gasteiger partial charge in [-0.15, -0.1) is 0 Å². The van der Waals surface area contributed by atoms with Crippen LogP contribution in [0.5, 0.6) is 0 Å². The van der Waals surface area contributed by atoms with Crippen LogP contribution in [0.4, 0.5) is 0 Å². The van der Waals surface area contributed by atoms with E-state index in [2.05, 4.69) is 33.9 Å². The second-order valence-corrected chi connectivity index (χ2v) is 9.10. The van der Waals surface area contributed by atoms with Crippen molar-refractivity contribution in [1.82, 2.24) is 19.8 Å². The van der Waals surface area contributed by atoms with E-state index in [0.29, 0.717) is 0 Å². The van der Waals surface area contributed by atoms with E-state index in [4.69, 9.17) is 0 Å². The van der Waals surface area contributed by atoms with Crippen LogP contribution in [0.25, 0.3) is 0 Å². The number of aromatic amines is 1. The number of hydrogen-bond acceptors (Lipinski definition) is 3. The number of hydrogen-bond donors (Lipinski definition) is 1. The topological polar surface area (TPSA) is 52.2 Å². The van der Waals surface area contributed by atoms with Crippen molar-refractivity contribution >= 4 is 5.91 Å². The molecule has 0 radical (unpaired) electrons. The van der Waals surface area contributed by atoms with Gasteiger partial charge in [-0.1, -0.05) is 43.7 Å². The molecule has 1 N–H and O–H groups in total. The number of unbranched alkanes of at least 4 members (excludes halogenated alkanes) is 1. The van der Waals surface area contributed by atoms with Gasteiger partial charge in [-0.3, -0.25) is 9.69 Å². The van der Waals surface area contributed by atoms with Crippen LogP contribution < -0.4 is 0 Å².